The van der Waals surface area contributed by atoms with Gasteiger partial charge in [-0.1, -0.05) is 42.5 Å². The van der Waals surface area contributed by atoms with E-state index in [2.05, 4.69) is 4.98 Å². The van der Waals surface area contributed by atoms with Gasteiger partial charge in [0.05, 0.1) is 11.1 Å². The second-order valence-corrected chi connectivity index (χ2v) is 5.32. The van der Waals surface area contributed by atoms with Crippen molar-refractivity contribution in [1.29, 1.82) is 0 Å². The van der Waals surface area contributed by atoms with E-state index < -0.39 is 11.7 Å². The summed E-state index contributed by atoms with van der Waals surface area (Å²) in [5, 5.41) is 1.02. The van der Waals surface area contributed by atoms with Gasteiger partial charge in [0.25, 0.3) is 0 Å². The molecule has 0 unspecified atom stereocenters. The van der Waals surface area contributed by atoms with Crippen molar-refractivity contribution < 1.29 is 13.2 Å². The Morgan fingerprint density at radius 2 is 1.61 bits per heavy atom. The van der Waals surface area contributed by atoms with Crippen molar-refractivity contribution in [3.63, 3.8) is 0 Å². The van der Waals surface area contributed by atoms with Crippen molar-refractivity contribution in [2.24, 2.45) is 0 Å². The molecule has 0 fully saturated rings. The van der Waals surface area contributed by atoms with Crippen LogP contribution in [0.25, 0.3) is 23.1 Å². The van der Waals surface area contributed by atoms with Gasteiger partial charge in [-0.2, -0.15) is 13.2 Å². The molecular weight excluding hydrogens is 299 g/mol. The lowest BCUT2D eigenvalue weighted by Crippen LogP contribution is -2.03. The lowest BCUT2D eigenvalue weighted by Gasteiger charge is -2.06. The number of rotatable bonds is 2. The molecule has 3 aromatic rings. The fraction of sp³-hybridized carbons (Fsp3) is 0.105. The molecule has 0 atom stereocenters. The van der Waals surface area contributed by atoms with E-state index in [1.807, 2.05) is 43.3 Å². The number of benzene rings is 2. The maximum atomic E-state index is 12.6. The summed E-state index contributed by atoms with van der Waals surface area (Å²) in [5.41, 5.74) is 2.87. The number of para-hydroxylation sites is 1. The van der Waals surface area contributed by atoms with Crippen molar-refractivity contribution in [1.82, 2.24) is 4.98 Å². The lowest BCUT2D eigenvalue weighted by atomic mass is 10.1. The van der Waals surface area contributed by atoms with Crippen LogP contribution in [0.5, 0.6) is 0 Å². The summed E-state index contributed by atoms with van der Waals surface area (Å²) < 4.78 is 37.7. The summed E-state index contributed by atoms with van der Waals surface area (Å²) in [5.74, 6) is 0. The summed E-state index contributed by atoms with van der Waals surface area (Å²) >= 11 is 0. The van der Waals surface area contributed by atoms with Crippen molar-refractivity contribution in [3.8, 4) is 0 Å². The molecule has 1 aromatic heterocycles. The first kappa shape index (κ1) is 15.3. The van der Waals surface area contributed by atoms with Gasteiger partial charge in [-0.25, -0.2) is 0 Å². The predicted molar refractivity (Wildman–Crippen MR) is 86.9 cm³/mol. The molecule has 1 nitrogen and oxygen atoms in total. The fourth-order valence-corrected chi connectivity index (χ4v) is 2.45. The van der Waals surface area contributed by atoms with E-state index in [9.17, 15) is 13.2 Å². The highest BCUT2D eigenvalue weighted by Gasteiger charge is 2.29. The molecular formula is C19H14F3N. The number of nitrogens with zero attached hydrogens (tertiary/aromatic N) is 1. The van der Waals surface area contributed by atoms with Crippen LogP contribution in [-0.2, 0) is 6.18 Å². The highest BCUT2D eigenvalue weighted by Crippen LogP contribution is 2.29. The standard InChI is InChI=1S/C19H14F3N/c1-13-12-15(17-4-2-3-5-18(17)23-13)9-6-14-7-10-16(11-8-14)19(20,21)22/h2-12H,1H3/b9-6+. The number of alkyl halides is 3. The molecule has 116 valence electrons. The first-order chi connectivity index (χ1) is 10.9. The second kappa shape index (κ2) is 5.88. The molecule has 0 bridgehead atoms. The Morgan fingerprint density at radius 1 is 0.913 bits per heavy atom. The fourth-order valence-electron chi connectivity index (χ4n) is 2.45. The predicted octanol–water partition coefficient (Wildman–Crippen LogP) is 5.73. The maximum absolute atomic E-state index is 12.6. The molecule has 0 aliphatic carbocycles. The minimum absolute atomic E-state index is 0.639. The van der Waals surface area contributed by atoms with Crippen molar-refractivity contribution in [2.45, 2.75) is 13.1 Å². The van der Waals surface area contributed by atoms with E-state index in [1.165, 1.54) is 12.1 Å². The third kappa shape index (κ3) is 3.42. The van der Waals surface area contributed by atoms with Crippen molar-refractivity contribution in [2.75, 3.05) is 0 Å². The summed E-state index contributed by atoms with van der Waals surface area (Å²) in [6.07, 6.45) is -0.596. The Bertz CT molecular complexity index is 862. The topological polar surface area (TPSA) is 12.9 Å². The van der Waals surface area contributed by atoms with E-state index in [0.717, 1.165) is 39.9 Å². The van der Waals surface area contributed by atoms with Gasteiger partial charge in [0, 0.05) is 11.1 Å². The zero-order valence-corrected chi connectivity index (χ0v) is 12.4. The monoisotopic (exact) mass is 313 g/mol. The third-order valence-corrected chi connectivity index (χ3v) is 3.57. The van der Waals surface area contributed by atoms with Crippen LogP contribution >= 0.6 is 0 Å². The number of hydrogen-bond acceptors (Lipinski definition) is 1. The number of pyridine rings is 1. The Balaban J connectivity index is 1.94. The molecule has 23 heavy (non-hydrogen) atoms. The normalized spacial score (nSPS) is 12.2. The second-order valence-electron chi connectivity index (χ2n) is 5.32. The average molecular weight is 313 g/mol. The highest BCUT2D eigenvalue weighted by atomic mass is 19.4. The number of fused-ring (bicyclic) bond motifs is 1. The molecule has 0 radical (unpaired) electrons. The van der Waals surface area contributed by atoms with Crippen LogP contribution in [-0.4, -0.2) is 4.98 Å². The SMILES string of the molecule is Cc1cc(/C=C/c2ccc(C(F)(F)F)cc2)c2ccccc2n1. The molecule has 0 saturated carbocycles. The highest BCUT2D eigenvalue weighted by molar-refractivity contribution is 5.90. The largest absolute Gasteiger partial charge is 0.416 e. The first-order valence-electron chi connectivity index (χ1n) is 7.15. The van der Waals surface area contributed by atoms with Crippen LogP contribution in [0, 0.1) is 6.92 Å². The van der Waals surface area contributed by atoms with Gasteiger partial charge in [-0.3, -0.25) is 4.98 Å². The molecule has 3 rings (SSSR count). The molecule has 0 aliphatic rings. The molecule has 0 N–H and O–H groups in total. The molecule has 2 aromatic carbocycles. The van der Waals surface area contributed by atoms with Gasteiger partial charge in [0.1, 0.15) is 0 Å². The summed E-state index contributed by atoms with van der Waals surface area (Å²) in [4.78, 5) is 4.47. The van der Waals surface area contributed by atoms with E-state index in [4.69, 9.17) is 0 Å². The molecule has 0 aliphatic heterocycles. The van der Waals surface area contributed by atoms with Crippen LogP contribution < -0.4 is 0 Å². The third-order valence-electron chi connectivity index (χ3n) is 3.57. The Morgan fingerprint density at radius 3 is 2.30 bits per heavy atom. The smallest absolute Gasteiger partial charge is 0.253 e. The van der Waals surface area contributed by atoms with Gasteiger partial charge in [0.15, 0.2) is 0 Å². The van der Waals surface area contributed by atoms with Gasteiger partial charge in [-0.05, 0) is 42.3 Å². The van der Waals surface area contributed by atoms with Crippen LogP contribution in [0.3, 0.4) is 0 Å². The number of hydrogen-bond donors (Lipinski definition) is 0. The zero-order chi connectivity index (χ0) is 16.4. The van der Waals surface area contributed by atoms with Crippen LogP contribution in [0.15, 0.2) is 54.6 Å². The van der Waals surface area contributed by atoms with Gasteiger partial charge >= 0.3 is 6.18 Å². The van der Waals surface area contributed by atoms with Crippen LogP contribution in [0.2, 0.25) is 0 Å². The molecule has 0 saturated heterocycles. The average Bonchev–Trinajstić information content (AvgIpc) is 2.52. The van der Waals surface area contributed by atoms with Crippen molar-refractivity contribution in [3.05, 3.63) is 77.0 Å². The molecule has 1 heterocycles. The molecule has 0 spiro atoms. The molecule has 0 amide bonds. The first-order valence-corrected chi connectivity index (χ1v) is 7.15. The minimum atomic E-state index is -4.30. The molecule has 4 heteroatoms. The van der Waals surface area contributed by atoms with Gasteiger partial charge in [0.2, 0.25) is 0 Å². The number of aryl methyl sites for hydroxylation is 1. The minimum Gasteiger partial charge on any atom is -0.253 e. The Hall–Kier alpha value is -2.62. The zero-order valence-electron chi connectivity index (χ0n) is 12.4. The van der Waals surface area contributed by atoms with E-state index >= 15 is 0 Å². The maximum Gasteiger partial charge on any atom is 0.416 e. The lowest BCUT2D eigenvalue weighted by molar-refractivity contribution is -0.137. The summed E-state index contributed by atoms with van der Waals surface area (Å²) in [6.45, 7) is 1.92. The Labute approximate surface area is 132 Å². The van der Waals surface area contributed by atoms with E-state index in [1.54, 1.807) is 6.08 Å². The van der Waals surface area contributed by atoms with Gasteiger partial charge < -0.3 is 0 Å². The van der Waals surface area contributed by atoms with Crippen LogP contribution in [0.4, 0.5) is 13.2 Å². The number of halogens is 3. The van der Waals surface area contributed by atoms with Crippen molar-refractivity contribution >= 4 is 23.1 Å². The van der Waals surface area contributed by atoms with E-state index in [0.29, 0.717) is 0 Å². The van der Waals surface area contributed by atoms with Crippen LogP contribution in [0.1, 0.15) is 22.4 Å². The van der Waals surface area contributed by atoms with Gasteiger partial charge in [-0.15, -0.1) is 0 Å². The summed E-state index contributed by atoms with van der Waals surface area (Å²) in [6, 6.07) is 14.9. The Kier molecular flexibility index (Phi) is 3.90. The number of aromatic nitrogens is 1. The van der Waals surface area contributed by atoms with E-state index in [-0.39, 0.29) is 0 Å². The quantitative estimate of drug-likeness (QED) is 0.588. The summed E-state index contributed by atoms with van der Waals surface area (Å²) in [7, 11) is 0.